The second-order valence-electron chi connectivity index (χ2n) is 4.43. The van der Waals surface area contributed by atoms with E-state index < -0.39 is 45.1 Å². The third kappa shape index (κ3) is 4.21. The SMILES string of the molecule is FC(F)(F)C(F)(F)C(F)(F)C(Cl)(Cl)OC(Cl)(Cl)C(F)(F)C(F)(F)C(F)(F)F. The predicted octanol–water partition coefficient (Wildman–Crippen LogP) is 6.93. The Balaban J connectivity index is 6.19. The largest absolute Gasteiger partial charge is 0.460 e. The number of hydrogen-bond acceptors (Lipinski definition) is 1. The van der Waals surface area contributed by atoms with Crippen LogP contribution in [0.15, 0.2) is 0 Å². The molecule has 164 valence electrons. The van der Waals surface area contributed by atoms with Crippen LogP contribution in [0.4, 0.5) is 61.5 Å². The number of hydrogen-bond donors (Lipinski definition) is 0. The molecule has 0 radical (unpaired) electrons. The highest BCUT2D eigenvalue weighted by atomic mass is 35.5. The molecule has 0 unspecified atom stereocenters. The Kier molecular flexibility index (Phi) is 6.88. The van der Waals surface area contributed by atoms with Crippen molar-refractivity contribution in [3.63, 3.8) is 0 Å². The fraction of sp³-hybridized carbons (Fsp3) is 1.00. The van der Waals surface area contributed by atoms with E-state index in [1.807, 2.05) is 0 Å². The second-order valence-corrected chi connectivity index (χ2v) is 6.94. The molecule has 0 aromatic carbocycles. The fourth-order valence-corrected chi connectivity index (χ4v) is 2.11. The lowest BCUT2D eigenvalue weighted by atomic mass is 10.1. The minimum Gasteiger partial charge on any atom is -0.300 e. The van der Waals surface area contributed by atoms with Crippen LogP contribution < -0.4 is 0 Å². The molecule has 0 N–H and O–H groups in total. The van der Waals surface area contributed by atoms with Gasteiger partial charge >= 0.3 is 36.0 Å². The van der Waals surface area contributed by atoms with Crippen molar-refractivity contribution in [1.29, 1.82) is 0 Å². The van der Waals surface area contributed by atoms with Crippen molar-refractivity contribution in [3.05, 3.63) is 0 Å². The Morgan fingerprint density at radius 2 is 0.556 bits per heavy atom. The maximum atomic E-state index is 13.3. The van der Waals surface area contributed by atoms with Gasteiger partial charge in [0.2, 0.25) is 0 Å². The van der Waals surface area contributed by atoms with Gasteiger partial charge in [-0.2, -0.15) is 61.5 Å². The number of alkyl halides is 18. The average molecular weight is 520 g/mol. The molecule has 0 aromatic heterocycles. The fourth-order valence-electron chi connectivity index (χ4n) is 1.01. The molecule has 0 spiro atoms. The lowest BCUT2D eigenvalue weighted by molar-refractivity contribution is -0.392. The second kappa shape index (κ2) is 6.84. The van der Waals surface area contributed by atoms with Crippen molar-refractivity contribution in [2.75, 3.05) is 0 Å². The maximum absolute atomic E-state index is 13.3. The van der Waals surface area contributed by atoms with Gasteiger partial charge in [-0.25, -0.2) is 0 Å². The number of rotatable bonds is 6. The third-order valence-electron chi connectivity index (χ3n) is 2.49. The van der Waals surface area contributed by atoms with Gasteiger partial charge in [-0.1, -0.05) is 46.4 Å². The summed E-state index contributed by atoms with van der Waals surface area (Å²) in [6, 6.07) is 0. The van der Waals surface area contributed by atoms with Gasteiger partial charge in [-0.3, -0.25) is 4.74 Å². The van der Waals surface area contributed by atoms with E-state index in [0.29, 0.717) is 0 Å². The van der Waals surface area contributed by atoms with Gasteiger partial charge in [-0.05, 0) is 0 Å². The van der Waals surface area contributed by atoms with Crippen LogP contribution in [0, 0.1) is 0 Å². The van der Waals surface area contributed by atoms with Crippen LogP contribution >= 0.6 is 46.4 Å². The monoisotopic (exact) mass is 518 g/mol. The van der Waals surface area contributed by atoms with Crippen LogP contribution in [0.3, 0.4) is 0 Å². The van der Waals surface area contributed by atoms with Crippen LogP contribution in [-0.4, -0.2) is 45.1 Å². The van der Waals surface area contributed by atoms with Gasteiger partial charge in [0.05, 0.1) is 0 Å². The average Bonchev–Trinajstić information content (AvgIpc) is 2.33. The molecule has 27 heavy (non-hydrogen) atoms. The van der Waals surface area contributed by atoms with Gasteiger partial charge < -0.3 is 0 Å². The Bertz CT molecular complexity index is 502. The molecule has 0 atom stereocenters. The van der Waals surface area contributed by atoms with E-state index in [9.17, 15) is 61.5 Å². The van der Waals surface area contributed by atoms with Crippen molar-refractivity contribution < 1.29 is 66.2 Å². The molecule has 0 rings (SSSR count). The molecule has 0 saturated carbocycles. The Morgan fingerprint density at radius 3 is 0.704 bits per heavy atom. The Labute approximate surface area is 158 Å². The zero-order chi connectivity index (χ0) is 22.7. The first kappa shape index (κ1) is 27.1. The van der Waals surface area contributed by atoms with Gasteiger partial charge in [-0.15, -0.1) is 0 Å². The summed E-state index contributed by atoms with van der Waals surface area (Å²) < 4.78 is 168. The summed E-state index contributed by atoms with van der Waals surface area (Å²) in [4.78, 5) is 0. The molecule has 0 aromatic rings. The van der Waals surface area contributed by atoms with Crippen LogP contribution in [0.2, 0.25) is 0 Å². The van der Waals surface area contributed by atoms with Crippen molar-refractivity contribution >= 4 is 46.4 Å². The lowest BCUT2D eigenvalue weighted by Crippen LogP contribution is -2.66. The number of ether oxygens (including phenoxy) is 1. The molecular weight excluding hydrogens is 520 g/mol. The first-order chi connectivity index (χ1) is 11.2. The topological polar surface area (TPSA) is 9.23 Å². The highest BCUT2D eigenvalue weighted by molar-refractivity contribution is 6.51. The van der Waals surface area contributed by atoms with Crippen LogP contribution in [0.1, 0.15) is 0 Å². The van der Waals surface area contributed by atoms with Gasteiger partial charge in [0.15, 0.2) is 0 Å². The molecule has 0 aliphatic rings. The molecule has 0 amide bonds. The smallest absolute Gasteiger partial charge is 0.300 e. The van der Waals surface area contributed by atoms with Gasteiger partial charge in [0.25, 0.3) is 9.04 Å². The minimum atomic E-state index is -7.27. The summed E-state index contributed by atoms with van der Waals surface area (Å²) >= 11 is 17.0. The van der Waals surface area contributed by atoms with Crippen molar-refractivity contribution in [1.82, 2.24) is 0 Å². The van der Waals surface area contributed by atoms with E-state index in [0.717, 1.165) is 0 Å². The third-order valence-corrected chi connectivity index (χ3v) is 3.75. The summed E-state index contributed by atoms with van der Waals surface area (Å²) in [5.74, 6) is -28.5. The molecule has 0 heterocycles. The van der Waals surface area contributed by atoms with E-state index in [1.165, 1.54) is 0 Å². The first-order valence-corrected chi connectivity index (χ1v) is 6.82. The zero-order valence-electron chi connectivity index (χ0n) is 11.2. The van der Waals surface area contributed by atoms with E-state index in [1.54, 1.807) is 0 Å². The highest BCUT2D eigenvalue weighted by Gasteiger charge is 2.85. The summed E-state index contributed by atoms with van der Waals surface area (Å²) in [6.45, 7) is 0. The first-order valence-electron chi connectivity index (χ1n) is 5.31. The highest BCUT2D eigenvalue weighted by Crippen LogP contribution is 2.61. The molecule has 0 aliphatic carbocycles. The molecule has 0 fully saturated rings. The maximum Gasteiger partial charge on any atom is 0.460 e. The molecule has 0 bridgehead atoms. The molecule has 1 nitrogen and oxygen atoms in total. The Morgan fingerprint density at radius 1 is 0.370 bits per heavy atom. The summed E-state index contributed by atoms with van der Waals surface area (Å²) in [5, 5.41) is 0. The Hall–Kier alpha value is 0.140. The van der Waals surface area contributed by atoms with Gasteiger partial charge in [0.1, 0.15) is 0 Å². The summed E-state index contributed by atoms with van der Waals surface area (Å²) in [5.41, 5.74) is 0. The quantitative estimate of drug-likeness (QED) is 0.273. The van der Waals surface area contributed by atoms with E-state index in [4.69, 9.17) is 0 Å². The van der Waals surface area contributed by atoms with Crippen molar-refractivity contribution in [2.24, 2.45) is 0 Å². The molecular formula is C8Cl4F14O. The van der Waals surface area contributed by atoms with Crippen molar-refractivity contribution in [3.8, 4) is 0 Å². The van der Waals surface area contributed by atoms with Crippen LogP contribution in [0.5, 0.6) is 0 Å². The summed E-state index contributed by atoms with van der Waals surface area (Å²) in [6.07, 6.45) is -14.3. The number of halogens is 18. The lowest BCUT2D eigenvalue weighted by Gasteiger charge is -2.41. The molecule has 0 aliphatic heterocycles. The van der Waals surface area contributed by atoms with Crippen LogP contribution in [-0.2, 0) is 4.74 Å². The molecule has 0 saturated heterocycles. The zero-order valence-corrected chi connectivity index (χ0v) is 14.2. The standard InChI is InChI=1S/C8Cl4F14O/c9-5(10,1(13,14)3(17,18)7(21,22)23)27-6(11,12)2(15,16)4(19,20)8(24,25)26. The molecule has 19 heteroatoms. The van der Waals surface area contributed by atoms with Crippen LogP contribution in [0.25, 0.3) is 0 Å². The minimum absolute atomic E-state index is 2.72. The van der Waals surface area contributed by atoms with E-state index >= 15 is 0 Å². The normalized spacial score (nSPS) is 16.7. The van der Waals surface area contributed by atoms with Gasteiger partial charge in [0, 0.05) is 0 Å². The predicted molar refractivity (Wildman–Crippen MR) is 61.9 cm³/mol. The summed E-state index contributed by atoms with van der Waals surface area (Å²) in [7, 11) is 0. The van der Waals surface area contributed by atoms with E-state index in [-0.39, 0.29) is 0 Å². The van der Waals surface area contributed by atoms with E-state index in [2.05, 4.69) is 51.1 Å². The van der Waals surface area contributed by atoms with Crippen molar-refractivity contribution in [2.45, 2.75) is 45.1 Å².